The summed E-state index contributed by atoms with van der Waals surface area (Å²) in [7, 11) is -4.09. The summed E-state index contributed by atoms with van der Waals surface area (Å²) in [6, 6.07) is 23.0. The van der Waals surface area contributed by atoms with Crippen LogP contribution in [0.1, 0.15) is 32.8 Å². The molecule has 0 aliphatic carbocycles. The minimum absolute atomic E-state index is 0.0555. The van der Waals surface area contributed by atoms with Crippen LogP contribution < -0.4 is 9.62 Å². The van der Waals surface area contributed by atoms with E-state index in [0.29, 0.717) is 17.1 Å². The van der Waals surface area contributed by atoms with Gasteiger partial charge in [0.15, 0.2) is 0 Å². The van der Waals surface area contributed by atoms with Crippen molar-refractivity contribution in [3.8, 4) is 0 Å². The van der Waals surface area contributed by atoms with Gasteiger partial charge in [0.25, 0.3) is 10.0 Å². The number of amides is 2. The van der Waals surface area contributed by atoms with Crippen LogP contribution >= 0.6 is 11.6 Å². The van der Waals surface area contributed by atoms with Crippen LogP contribution in [0.2, 0.25) is 5.02 Å². The average molecular weight is 556 g/mol. The number of anilines is 1. The molecule has 0 bridgehead atoms. The molecule has 0 spiro atoms. The third-order valence-electron chi connectivity index (χ3n) is 6.38. The van der Waals surface area contributed by atoms with Crippen molar-refractivity contribution in [2.75, 3.05) is 17.4 Å². The number of rotatable bonds is 12. The smallest absolute Gasteiger partial charge is 0.264 e. The van der Waals surface area contributed by atoms with Crippen LogP contribution in [0.25, 0.3) is 0 Å². The van der Waals surface area contributed by atoms with E-state index in [-0.39, 0.29) is 23.4 Å². The Hall–Kier alpha value is -3.36. The van der Waals surface area contributed by atoms with Gasteiger partial charge in [-0.2, -0.15) is 0 Å². The summed E-state index contributed by atoms with van der Waals surface area (Å²) < 4.78 is 28.4. The van der Waals surface area contributed by atoms with Crippen molar-refractivity contribution in [1.29, 1.82) is 0 Å². The van der Waals surface area contributed by atoms with E-state index in [1.165, 1.54) is 17.0 Å². The zero-order chi connectivity index (χ0) is 27.7. The molecule has 202 valence electrons. The summed E-state index contributed by atoms with van der Waals surface area (Å²) in [6.45, 7) is 5.30. The van der Waals surface area contributed by atoms with E-state index in [4.69, 9.17) is 11.6 Å². The summed E-state index contributed by atoms with van der Waals surface area (Å²) in [5.74, 6) is -0.771. The molecule has 0 heterocycles. The van der Waals surface area contributed by atoms with Crippen LogP contribution in [0.3, 0.4) is 0 Å². The minimum atomic E-state index is -4.09. The second-order valence-corrected chi connectivity index (χ2v) is 11.4. The second-order valence-electron chi connectivity index (χ2n) is 9.12. The molecule has 38 heavy (non-hydrogen) atoms. The summed E-state index contributed by atoms with van der Waals surface area (Å²) in [4.78, 5) is 28.3. The quantitative estimate of drug-likeness (QED) is 0.344. The molecule has 9 heteroatoms. The fourth-order valence-corrected chi connectivity index (χ4v) is 5.45. The van der Waals surface area contributed by atoms with E-state index in [9.17, 15) is 18.0 Å². The highest BCUT2D eigenvalue weighted by atomic mass is 35.5. The molecule has 3 aromatic carbocycles. The van der Waals surface area contributed by atoms with E-state index < -0.39 is 28.5 Å². The van der Waals surface area contributed by atoms with Crippen LogP contribution in [0.15, 0.2) is 89.8 Å². The van der Waals surface area contributed by atoms with Crippen LogP contribution in [0, 0.1) is 0 Å². The largest absolute Gasteiger partial charge is 0.352 e. The number of hydrogen-bond acceptors (Lipinski definition) is 4. The Balaban J connectivity index is 1.95. The predicted octanol–water partition coefficient (Wildman–Crippen LogP) is 4.91. The summed E-state index contributed by atoms with van der Waals surface area (Å²) in [5.41, 5.74) is 1.30. The van der Waals surface area contributed by atoms with E-state index in [2.05, 4.69) is 5.32 Å². The van der Waals surface area contributed by atoms with Crippen molar-refractivity contribution < 1.29 is 18.0 Å². The molecular formula is C29H34ClN3O4S. The Bertz CT molecular complexity index is 1300. The lowest BCUT2D eigenvalue weighted by molar-refractivity contribution is -0.139. The first-order valence-electron chi connectivity index (χ1n) is 12.6. The molecule has 7 nitrogen and oxygen atoms in total. The van der Waals surface area contributed by atoms with Gasteiger partial charge in [-0.25, -0.2) is 8.42 Å². The van der Waals surface area contributed by atoms with Gasteiger partial charge in [-0.05, 0) is 68.7 Å². The van der Waals surface area contributed by atoms with E-state index >= 15 is 0 Å². The molecule has 0 fully saturated rings. The Morgan fingerprint density at radius 3 is 2.05 bits per heavy atom. The topological polar surface area (TPSA) is 86.8 Å². The Labute approximate surface area is 230 Å². The molecule has 0 aliphatic heterocycles. The lowest BCUT2D eigenvalue weighted by Crippen LogP contribution is -2.53. The number of nitrogens with zero attached hydrogens (tertiary/aromatic N) is 2. The third kappa shape index (κ3) is 7.58. The van der Waals surface area contributed by atoms with Crippen molar-refractivity contribution in [2.45, 2.75) is 50.6 Å². The SMILES string of the molecule is CC[C@H](C)NC(=O)[C@H](C)N(CCc1ccccc1)C(=O)CN(c1ccc(Cl)cc1)S(=O)(=O)c1ccccc1. The van der Waals surface area contributed by atoms with E-state index in [1.807, 2.05) is 44.2 Å². The molecule has 0 radical (unpaired) electrons. The monoisotopic (exact) mass is 555 g/mol. The molecule has 2 amide bonds. The number of hydrogen-bond donors (Lipinski definition) is 1. The first-order chi connectivity index (χ1) is 18.1. The van der Waals surface area contributed by atoms with Gasteiger partial charge in [-0.1, -0.05) is 67.1 Å². The van der Waals surface area contributed by atoms with Gasteiger partial charge >= 0.3 is 0 Å². The van der Waals surface area contributed by atoms with E-state index in [0.717, 1.165) is 16.3 Å². The van der Waals surface area contributed by atoms with Crippen LogP contribution in [-0.2, 0) is 26.0 Å². The zero-order valence-electron chi connectivity index (χ0n) is 21.9. The highest BCUT2D eigenvalue weighted by Crippen LogP contribution is 2.25. The van der Waals surface area contributed by atoms with Crippen molar-refractivity contribution in [3.63, 3.8) is 0 Å². The van der Waals surface area contributed by atoms with Crippen molar-refractivity contribution >= 4 is 39.1 Å². The Morgan fingerprint density at radius 1 is 0.895 bits per heavy atom. The van der Waals surface area contributed by atoms with Gasteiger partial charge in [-0.15, -0.1) is 0 Å². The number of nitrogens with one attached hydrogen (secondary N) is 1. The zero-order valence-corrected chi connectivity index (χ0v) is 23.5. The number of carbonyl (C=O) groups is 2. The fourth-order valence-electron chi connectivity index (χ4n) is 3.89. The lowest BCUT2D eigenvalue weighted by atomic mass is 10.1. The van der Waals surface area contributed by atoms with Crippen molar-refractivity contribution in [1.82, 2.24) is 10.2 Å². The van der Waals surface area contributed by atoms with Gasteiger partial charge in [0, 0.05) is 17.6 Å². The number of carbonyl (C=O) groups excluding carboxylic acids is 2. The van der Waals surface area contributed by atoms with Crippen LogP contribution in [-0.4, -0.2) is 50.3 Å². The summed E-state index contributed by atoms with van der Waals surface area (Å²) in [6.07, 6.45) is 1.26. The van der Waals surface area contributed by atoms with Crippen molar-refractivity contribution in [3.05, 3.63) is 95.5 Å². The molecule has 1 N–H and O–H groups in total. The van der Waals surface area contributed by atoms with Crippen LogP contribution in [0.4, 0.5) is 5.69 Å². The molecule has 3 rings (SSSR count). The van der Waals surface area contributed by atoms with Gasteiger partial charge < -0.3 is 10.2 Å². The standard InChI is InChI=1S/C29H34ClN3O4S/c1-4-22(2)31-29(35)23(3)32(20-19-24-11-7-5-8-12-24)28(34)21-33(26-17-15-25(30)16-18-26)38(36,37)27-13-9-6-10-14-27/h5-18,22-23H,4,19-21H2,1-3H3,(H,31,35)/t22-,23-/m0/s1. The molecule has 0 aliphatic rings. The van der Waals surface area contributed by atoms with E-state index in [1.54, 1.807) is 49.4 Å². The molecule has 0 saturated heterocycles. The molecule has 3 aromatic rings. The van der Waals surface area contributed by atoms with Gasteiger partial charge in [0.1, 0.15) is 12.6 Å². The highest BCUT2D eigenvalue weighted by Gasteiger charge is 2.32. The molecule has 0 aromatic heterocycles. The maximum absolute atomic E-state index is 13.8. The Kier molecular flexibility index (Phi) is 10.3. The lowest BCUT2D eigenvalue weighted by Gasteiger charge is -2.32. The molecule has 0 saturated carbocycles. The highest BCUT2D eigenvalue weighted by molar-refractivity contribution is 7.92. The molecule has 0 unspecified atom stereocenters. The molecular weight excluding hydrogens is 522 g/mol. The van der Waals surface area contributed by atoms with Gasteiger partial charge in [0.05, 0.1) is 10.6 Å². The predicted molar refractivity (Wildman–Crippen MR) is 152 cm³/mol. The van der Waals surface area contributed by atoms with Crippen LogP contribution in [0.5, 0.6) is 0 Å². The maximum Gasteiger partial charge on any atom is 0.264 e. The summed E-state index contributed by atoms with van der Waals surface area (Å²) in [5, 5.41) is 3.37. The number of halogens is 1. The first-order valence-corrected chi connectivity index (χ1v) is 14.4. The summed E-state index contributed by atoms with van der Waals surface area (Å²) >= 11 is 6.05. The number of benzene rings is 3. The molecule has 2 atom stereocenters. The van der Waals surface area contributed by atoms with Gasteiger partial charge in [0.2, 0.25) is 11.8 Å². The number of sulfonamides is 1. The second kappa shape index (κ2) is 13.4. The maximum atomic E-state index is 13.8. The normalized spacial score (nSPS) is 12.8. The fraction of sp³-hybridized carbons (Fsp3) is 0.310. The average Bonchev–Trinajstić information content (AvgIpc) is 2.93. The first kappa shape index (κ1) is 29.2. The minimum Gasteiger partial charge on any atom is -0.352 e. The Morgan fingerprint density at radius 2 is 1.47 bits per heavy atom. The van der Waals surface area contributed by atoms with Gasteiger partial charge in [-0.3, -0.25) is 13.9 Å². The van der Waals surface area contributed by atoms with Crippen molar-refractivity contribution in [2.24, 2.45) is 0 Å². The third-order valence-corrected chi connectivity index (χ3v) is 8.42.